The van der Waals surface area contributed by atoms with E-state index >= 15 is 0 Å². The molecule has 0 aliphatic heterocycles. The second-order valence-electron chi connectivity index (χ2n) is 5.24. The van der Waals surface area contributed by atoms with Crippen LogP contribution in [0, 0.1) is 6.92 Å². The fourth-order valence-corrected chi connectivity index (χ4v) is 2.90. The van der Waals surface area contributed by atoms with E-state index in [0.717, 1.165) is 0 Å². The molecule has 1 aliphatic carbocycles. The number of aromatic nitrogens is 2. The summed E-state index contributed by atoms with van der Waals surface area (Å²) in [5, 5.41) is 0.310. The fraction of sp³-hybridized carbons (Fsp3) is 0.0588. The molecule has 4 rings (SSSR count). The van der Waals surface area contributed by atoms with Crippen LogP contribution in [0.2, 0.25) is 0 Å². The van der Waals surface area contributed by atoms with E-state index in [-0.39, 0.29) is 28.2 Å². The van der Waals surface area contributed by atoms with Gasteiger partial charge in [-0.3, -0.25) is 14.4 Å². The van der Waals surface area contributed by atoms with E-state index in [4.69, 9.17) is 0 Å². The van der Waals surface area contributed by atoms with E-state index in [2.05, 4.69) is 9.97 Å². The third-order valence-electron chi connectivity index (χ3n) is 3.88. The van der Waals surface area contributed by atoms with Crippen molar-refractivity contribution >= 4 is 22.5 Å². The number of ketones is 2. The van der Waals surface area contributed by atoms with Gasteiger partial charge in [0, 0.05) is 16.7 Å². The summed E-state index contributed by atoms with van der Waals surface area (Å²) in [6.45, 7) is 1.64. The van der Waals surface area contributed by atoms with Gasteiger partial charge in [-0.15, -0.1) is 0 Å². The van der Waals surface area contributed by atoms with Crippen LogP contribution in [0.4, 0.5) is 0 Å². The fourth-order valence-electron chi connectivity index (χ4n) is 2.90. The Labute approximate surface area is 124 Å². The number of hydrogen-bond acceptors (Lipinski definition) is 4. The molecule has 0 unspecified atom stereocenters. The van der Waals surface area contributed by atoms with Crippen LogP contribution in [-0.4, -0.2) is 21.5 Å². The molecule has 3 aromatic rings. The van der Waals surface area contributed by atoms with Crippen LogP contribution in [0.5, 0.6) is 0 Å². The Morgan fingerprint density at radius 2 is 1.55 bits per heavy atom. The molecule has 0 atom stereocenters. The monoisotopic (exact) mass is 290 g/mol. The smallest absolute Gasteiger partial charge is 0.258 e. The normalized spacial score (nSPS) is 13.1. The summed E-state index contributed by atoms with van der Waals surface area (Å²) in [7, 11) is 0. The van der Waals surface area contributed by atoms with Gasteiger partial charge in [-0.05, 0) is 19.1 Å². The molecular formula is C17H10N2O3. The molecule has 0 spiro atoms. The van der Waals surface area contributed by atoms with Crippen molar-refractivity contribution in [3.63, 3.8) is 0 Å². The Bertz CT molecular complexity index is 1050. The van der Waals surface area contributed by atoms with Gasteiger partial charge >= 0.3 is 0 Å². The predicted octanol–water partition coefficient (Wildman–Crippen LogP) is 2.01. The summed E-state index contributed by atoms with van der Waals surface area (Å²) in [5.74, 6) is -0.0786. The highest BCUT2D eigenvalue weighted by Crippen LogP contribution is 2.30. The van der Waals surface area contributed by atoms with Crippen molar-refractivity contribution in [2.75, 3.05) is 0 Å². The van der Waals surface area contributed by atoms with Gasteiger partial charge in [-0.2, -0.15) is 0 Å². The first-order valence-corrected chi connectivity index (χ1v) is 6.80. The van der Waals surface area contributed by atoms with Gasteiger partial charge in [0.05, 0.1) is 16.5 Å². The molecule has 0 saturated heterocycles. The number of rotatable bonds is 0. The van der Waals surface area contributed by atoms with E-state index in [0.29, 0.717) is 27.9 Å². The zero-order valence-corrected chi connectivity index (χ0v) is 11.6. The maximum absolute atomic E-state index is 12.8. The van der Waals surface area contributed by atoms with Crippen molar-refractivity contribution in [3.05, 3.63) is 74.8 Å². The molecule has 2 aromatic carbocycles. The number of aryl methyl sites for hydroxylation is 1. The molecule has 1 aromatic heterocycles. The number of fused-ring (bicyclic) bond motifs is 4. The highest BCUT2D eigenvalue weighted by Gasteiger charge is 2.31. The highest BCUT2D eigenvalue weighted by atomic mass is 16.1. The Balaban J connectivity index is 2.17. The second-order valence-corrected chi connectivity index (χ2v) is 5.24. The van der Waals surface area contributed by atoms with Gasteiger partial charge in [0.1, 0.15) is 5.82 Å². The topological polar surface area (TPSA) is 79.9 Å². The van der Waals surface area contributed by atoms with Gasteiger partial charge in [0.2, 0.25) is 0 Å². The maximum Gasteiger partial charge on any atom is 0.258 e. The average Bonchev–Trinajstić information content (AvgIpc) is 2.51. The van der Waals surface area contributed by atoms with Crippen molar-refractivity contribution in [1.29, 1.82) is 0 Å². The highest BCUT2D eigenvalue weighted by molar-refractivity contribution is 6.31. The molecule has 0 amide bonds. The van der Waals surface area contributed by atoms with E-state index in [1.807, 2.05) is 0 Å². The molecule has 5 heteroatoms. The molecule has 22 heavy (non-hydrogen) atoms. The lowest BCUT2D eigenvalue weighted by Gasteiger charge is -2.18. The number of hydrogen-bond donors (Lipinski definition) is 1. The minimum absolute atomic E-state index is 0.216. The molecule has 0 bridgehead atoms. The maximum atomic E-state index is 12.8. The molecule has 0 fully saturated rings. The van der Waals surface area contributed by atoms with Crippen LogP contribution in [0.25, 0.3) is 10.9 Å². The first-order chi connectivity index (χ1) is 10.6. The molecule has 1 N–H and O–H groups in total. The lowest BCUT2D eigenvalue weighted by molar-refractivity contribution is 0.0980. The third kappa shape index (κ3) is 1.53. The first kappa shape index (κ1) is 12.6. The lowest BCUT2D eigenvalue weighted by atomic mass is 9.83. The van der Waals surface area contributed by atoms with Crippen LogP contribution in [0.1, 0.15) is 37.7 Å². The molecule has 0 saturated carbocycles. The number of nitrogens with one attached hydrogen (secondary N) is 1. The Hall–Kier alpha value is -3.08. The third-order valence-corrected chi connectivity index (χ3v) is 3.88. The quantitative estimate of drug-likeness (QED) is 0.537. The molecule has 106 valence electrons. The van der Waals surface area contributed by atoms with Gasteiger partial charge in [-0.25, -0.2) is 4.98 Å². The largest absolute Gasteiger partial charge is 0.310 e. The van der Waals surface area contributed by atoms with Crippen LogP contribution < -0.4 is 5.56 Å². The van der Waals surface area contributed by atoms with E-state index < -0.39 is 0 Å². The standard InChI is InChI=1S/C17H10N2O3/c1-8-18-14-12(17(22)19-8)7-6-11-13(14)16(21)10-5-3-2-4-9(10)15(11)20/h2-7H,1H3,(H,18,19,22). The Morgan fingerprint density at radius 1 is 0.864 bits per heavy atom. The van der Waals surface area contributed by atoms with Gasteiger partial charge in [-0.1, -0.05) is 24.3 Å². The average molecular weight is 290 g/mol. The van der Waals surface area contributed by atoms with Crippen molar-refractivity contribution in [1.82, 2.24) is 9.97 Å². The van der Waals surface area contributed by atoms with E-state index in [1.165, 1.54) is 6.07 Å². The number of H-pyrrole nitrogens is 1. The van der Waals surface area contributed by atoms with Gasteiger partial charge in [0.25, 0.3) is 5.56 Å². The minimum Gasteiger partial charge on any atom is -0.310 e. The van der Waals surface area contributed by atoms with Gasteiger partial charge in [0.15, 0.2) is 11.6 Å². The van der Waals surface area contributed by atoms with Crippen LogP contribution in [-0.2, 0) is 0 Å². The zero-order chi connectivity index (χ0) is 15.4. The number of aromatic amines is 1. The molecule has 1 heterocycles. The van der Waals surface area contributed by atoms with Crippen LogP contribution in [0.3, 0.4) is 0 Å². The SMILES string of the molecule is Cc1nc2c3c(ccc2c(=O)[nH]1)C(=O)c1ccccc1C3=O. The minimum atomic E-state index is -0.315. The lowest BCUT2D eigenvalue weighted by Crippen LogP contribution is -2.23. The first-order valence-electron chi connectivity index (χ1n) is 6.80. The molecular weight excluding hydrogens is 280 g/mol. The van der Waals surface area contributed by atoms with Crippen molar-refractivity contribution in [3.8, 4) is 0 Å². The second kappa shape index (κ2) is 4.21. The summed E-state index contributed by atoms with van der Waals surface area (Å²) < 4.78 is 0. The van der Waals surface area contributed by atoms with Crippen molar-refractivity contribution in [2.24, 2.45) is 0 Å². The van der Waals surface area contributed by atoms with Crippen molar-refractivity contribution < 1.29 is 9.59 Å². The molecule has 1 aliphatic rings. The summed E-state index contributed by atoms with van der Waals surface area (Å²) in [4.78, 5) is 44.3. The summed E-state index contributed by atoms with van der Waals surface area (Å²) in [6, 6.07) is 9.77. The summed E-state index contributed by atoms with van der Waals surface area (Å²) >= 11 is 0. The molecule has 0 radical (unpaired) electrons. The number of carbonyl (C=O) groups excluding carboxylic acids is 2. The van der Waals surface area contributed by atoms with Gasteiger partial charge < -0.3 is 4.98 Å². The Kier molecular flexibility index (Phi) is 2.42. The van der Waals surface area contributed by atoms with Crippen molar-refractivity contribution in [2.45, 2.75) is 6.92 Å². The predicted molar refractivity (Wildman–Crippen MR) is 80.4 cm³/mol. The number of benzene rings is 2. The number of nitrogens with zero attached hydrogens (tertiary/aromatic N) is 1. The van der Waals surface area contributed by atoms with Crippen LogP contribution in [0.15, 0.2) is 41.2 Å². The number of carbonyl (C=O) groups is 2. The van der Waals surface area contributed by atoms with E-state index in [9.17, 15) is 14.4 Å². The summed E-state index contributed by atoms with van der Waals surface area (Å²) in [5.41, 5.74) is 1.23. The summed E-state index contributed by atoms with van der Waals surface area (Å²) in [6.07, 6.45) is 0. The Morgan fingerprint density at radius 3 is 2.27 bits per heavy atom. The van der Waals surface area contributed by atoms with Crippen LogP contribution >= 0.6 is 0 Å². The van der Waals surface area contributed by atoms with E-state index in [1.54, 1.807) is 37.3 Å². The molecule has 5 nitrogen and oxygen atoms in total. The zero-order valence-electron chi connectivity index (χ0n) is 11.6.